The van der Waals surface area contributed by atoms with Crippen molar-refractivity contribution in [2.45, 2.75) is 32.9 Å². The lowest BCUT2D eigenvalue weighted by Gasteiger charge is -2.24. The number of hydrogen-bond acceptors (Lipinski definition) is 4. The number of rotatable bonds is 6. The molecular formula is C23H27N3O. The molecule has 1 aromatic heterocycles. The van der Waals surface area contributed by atoms with E-state index in [9.17, 15) is 0 Å². The van der Waals surface area contributed by atoms with Gasteiger partial charge in [-0.1, -0.05) is 53.2 Å². The molecule has 1 aliphatic heterocycles. The second-order valence-corrected chi connectivity index (χ2v) is 7.54. The van der Waals surface area contributed by atoms with Gasteiger partial charge >= 0.3 is 0 Å². The molecule has 1 saturated heterocycles. The van der Waals surface area contributed by atoms with Crippen molar-refractivity contribution in [2.24, 2.45) is 0 Å². The third-order valence-electron chi connectivity index (χ3n) is 5.21. The predicted molar refractivity (Wildman–Crippen MR) is 110 cm³/mol. The van der Waals surface area contributed by atoms with Gasteiger partial charge in [0.15, 0.2) is 5.76 Å². The molecule has 0 N–H and O–H groups in total. The first-order valence-electron chi connectivity index (χ1n) is 9.73. The second kappa shape index (κ2) is 7.97. The summed E-state index contributed by atoms with van der Waals surface area (Å²) < 4.78 is 5.59. The van der Waals surface area contributed by atoms with Crippen LogP contribution >= 0.6 is 0 Å². The highest BCUT2D eigenvalue weighted by Gasteiger charge is 2.16. The molecule has 0 aliphatic carbocycles. The van der Waals surface area contributed by atoms with Crippen molar-refractivity contribution >= 4 is 5.69 Å². The van der Waals surface area contributed by atoms with Crippen molar-refractivity contribution in [3.05, 3.63) is 71.5 Å². The van der Waals surface area contributed by atoms with E-state index in [2.05, 4.69) is 77.5 Å². The van der Waals surface area contributed by atoms with Gasteiger partial charge in [0.2, 0.25) is 0 Å². The Balaban J connectivity index is 1.43. The number of anilines is 1. The number of hydrogen-bond donors (Lipinski definition) is 0. The SMILES string of the molecule is Cc1ccc(-c2cc(CN(C)Cc3ccccc3N3CCCC3)on2)cc1. The fourth-order valence-corrected chi connectivity index (χ4v) is 3.77. The Kier molecular flexibility index (Phi) is 5.26. The van der Waals surface area contributed by atoms with Gasteiger partial charge in [-0.2, -0.15) is 0 Å². The zero-order chi connectivity index (χ0) is 18.6. The van der Waals surface area contributed by atoms with E-state index in [1.807, 2.05) is 6.07 Å². The standard InChI is InChI=1S/C23H27N3O/c1-18-9-11-19(12-10-18)22-15-21(27-24-22)17-25(2)16-20-7-3-4-8-23(20)26-13-5-6-14-26/h3-4,7-12,15H,5-6,13-14,16-17H2,1-2H3. The molecule has 2 aromatic carbocycles. The van der Waals surface area contributed by atoms with Crippen LogP contribution in [0.1, 0.15) is 29.7 Å². The summed E-state index contributed by atoms with van der Waals surface area (Å²) in [4.78, 5) is 4.79. The molecule has 4 rings (SSSR count). The topological polar surface area (TPSA) is 32.5 Å². The molecule has 140 valence electrons. The molecule has 0 spiro atoms. The summed E-state index contributed by atoms with van der Waals surface area (Å²) in [5, 5.41) is 4.25. The summed E-state index contributed by atoms with van der Waals surface area (Å²) >= 11 is 0. The molecule has 1 fully saturated rings. The van der Waals surface area contributed by atoms with Crippen LogP contribution in [-0.2, 0) is 13.1 Å². The van der Waals surface area contributed by atoms with Gasteiger partial charge in [0.1, 0.15) is 5.69 Å². The highest BCUT2D eigenvalue weighted by molar-refractivity contribution is 5.59. The maximum absolute atomic E-state index is 5.59. The molecule has 4 nitrogen and oxygen atoms in total. The Hall–Kier alpha value is -2.59. The van der Waals surface area contributed by atoms with Crippen molar-refractivity contribution in [1.29, 1.82) is 0 Å². The lowest BCUT2D eigenvalue weighted by atomic mass is 10.1. The molecule has 0 radical (unpaired) electrons. The zero-order valence-electron chi connectivity index (χ0n) is 16.2. The largest absolute Gasteiger partial charge is 0.371 e. The van der Waals surface area contributed by atoms with Crippen LogP contribution in [0.25, 0.3) is 11.3 Å². The summed E-state index contributed by atoms with van der Waals surface area (Å²) in [5.41, 5.74) is 5.99. The van der Waals surface area contributed by atoms with Gasteiger partial charge in [0, 0.05) is 37.0 Å². The van der Waals surface area contributed by atoms with Crippen LogP contribution < -0.4 is 4.90 Å². The Morgan fingerprint density at radius 3 is 2.52 bits per heavy atom. The number of para-hydroxylation sites is 1. The molecule has 0 saturated carbocycles. The normalized spacial score (nSPS) is 14.3. The van der Waals surface area contributed by atoms with E-state index in [4.69, 9.17) is 4.52 Å². The third kappa shape index (κ3) is 4.22. The molecule has 27 heavy (non-hydrogen) atoms. The number of benzene rings is 2. The smallest absolute Gasteiger partial charge is 0.151 e. The van der Waals surface area contributed by atoms with Crippen molar-refractivity contribution in [3.63, 3.8) is 0 Å². The fraction of sp³-hybridized carbons (Fsp3) is 0.348. The molecule has 0 bridgehead atoms. The van der Waals surface area contributed by atoms with Crippen LogP contribution in [0.4, 0.5) is 5.69 Å². The number of nitrogens with zero attached hydrogens (tertiary/aromatic N) is 3. The second-order valence-electron chi connectivity index (χ2n) is 7.54. The molecule has 0 amide bonds. The van der Waals surface area contributed by atoms with E-state index >= 15 is 0 Å². The Labute approximate surface area is 161 Å². The van der Waals surface area contributed by atoms with E-state index in [-0.39, 0.29) is 0 Å². The molecule has 4 heteroatoms. The molecular weight excluding hydrogens is 334 g/mol. The van der Waals surface area contributed by atoms with Gasteiger partial charge in [0.25, 0.3) is 0 Å². The summed E-state index contributed by atoms with van der Waals surface area (Å²) in [5.74, 6) is 0.895. The summed E-state index contributed by atoms with van der Waals surface area (Å²) in [7, 11) is 2.13. The van der Waals surface area contributed by atoms with Gasteiger partial charge in [-0.3, -0.25) is 4.90 Å². The Morgan fingerprint density at radius 2 is 1.74 bits per heavy atom. The predicted octanol–water partition coefficient (Wildman–Crippen LogP) is 4.88. The average molecular weight is 361 g/mol. The molecule has 3 aromatic rings. The highest BCUT2D eigenvalue weighted by Crippen LogP contribution is 2.26. The van der Waals surface area contributed by atoms with Crippen molar-refractivity contribution < 1.29 is 4.52 Å². The van der Waals surface area contributed by atoms with E-state index in [1.165, 1.54) is 42.7 Å². The number of aromatic nitrogens is 1. The summed E-state index contributed by atoms with van der Waals surface area (Å²) in [6.07, 6.45) is 2.59. The van der Waals surface area contributed by atoms with Gasteiger partial charge in [-0.05, 0) is 38.4 Å². The van der Waals surface area contributed by atoms with Crippen LogP contribution in [0.3, 0.4) is 0 Å². The first kappa shape index (κ1) is 17.8. The highest BCUT2D eigenvalue weighted by atomic mass is 16.5. The molecule has 2 heterocycles. The first-order valence-corrected chi connectivity index (χ1v) is 9.73. The maximum Gasteiger partial charge on any atom is 0.151 e. The number of aryl methyl sites for hydroxylation is 1. The third-order valence-corrected chi connectivity index (χ3v) is 5.21. The van der Waals surface area contributed by atoms with Crippen LogP contribution in [0, 0.1) is 6.92 Å². The lowest BCUT2D eigenvalue weighted by molar-refractivity contribution is 0.267. The first-order chi connectivity index (χ1) is 13.2. The van der Waals surface area contributed by atoms with Gasteiger partial charge in [-0.15, -0.1) is 0 Å². The van der Waals surface area contributed by atoms with Crippen LogP contribution in [0.15, 0.2) is 59.1 Å². The molecule has 0 atom stereocenters. The Bertz CT molecular complexity index is 879. The van der Waals surface area contributed by atoms with Crippen molar-refractivity contribution in [2.75, 3.05) is 25.0 Å². The minimum absolute atomic E-state index is 0.743. The minimum Gasteiger partial charge on any atom is -0.371 e. The van der Waals surface area contributed by atoms with Gasteiger partial charge in [0.05, 0.1) is 6.54 Å². The molecule has 0 unspecified atom stereocenters. The fourth-order valence-electron chi connectivity index (χ4n) is 3.77. The average Bonchev–Trinajstić information content (AvgIpc) is 3.35. The van der Waals surface area contributed by atoms with Crippen LogP contribution in [-0.4, -0.2) is 30.2 Å². The van der Waals surface area contributed by atoms with Crippen molar-refractivity contribution in [3.8, 4) is 11.3 Å². The summed E-state index contributed by atoms with van der Waals surface area (Å²) in [6.45, 7) is 6.07. The van der Waals surface area contributed by atoms with E-state index in [0.717, 1.165) is 30.1 Å². The van der Waals surface area contributed by atoms with E-state index < -0.39 is 0 Å². The van der Waals surface area contributed by atoms with Crippen LogP contribution in [0.2, 0.25) is 0 Å². The lowest BCUT2D eigenvalue weighted by Crippen LogP contribution is -2.22. The van der Waals surface area contributed by atoms with E-state index in [0.29, 0.717) is 0 Å². The van der Waals surface area contributed by atoms with E-state index in [1.54, 1.807) is 0 Å². The van der Waals surface area contributed by atoms with Crippen LogP contribution in [0.5, 0.6) is 0 Å². The minimum atomic E-state index is 0.743. The zero-order valence-corrected chi connectivity index (χ0v) is 16.2. The quantitative estimate of drug-likeness (QED) is 0.626. The molecule has 1 aliphatic rings. The van der Waals surface area contributed by atoms with Gasteiger partial charge < -0.3 is 9.42 Å². The summed E-state index contributed by atoms with van der Waals surface area (Å²) in [6, 6.07) is 19.2. The van der Waals surface area contributed by atoms with Gasteiger partial charge in [-0.25, -0.2) is 0 Å². The Morgan fingerprint density at radius 1 is 1.00 bits per heavy atom. The van der Waals surface area contributed by atoms with Crippen molar-refractivity contribution in [1.82, 2.24) is 10.1 Å². The maximum atomic E-state index is 5.59. The monoisotopic (exact) mass is 361 g/mol.